The first-order chi connectivity index (χ1) is 8.54. The number of hydrogen-bond acceptors (Lipinski definition) is 4. The average molecular weight is 252 g/mol. The minimum atomic E-state index is -1.06. The van der Waals surface area contributed by atoms with E-state index in [1.54, 1.807) is 24.3 Å². The molecule has 18 heavy (non-hydrogen) atoms. The molecule has 1 aromatic rings. The molecule has 0 radical (unpaired) electrons. The number of carboxylic acid groups (broad SMARTS) is 1. The van der Waals surface area contributed by atoms with E-state index in [0.29, 0.717) is 5.56 Å². The number of aliphatic hydroxyl groups excluding tert-OH is 1. The van der Waals surface area contributed by atoms with Crippen molar-refractivity contribution in [2.24, 2.45) is 5.73 Å². The predicted octanol–water partition coefficient (Wildman–Crippen LogP) is -0.637. The summed E-state index contributed by atoms with van der Waals surface area (Å²) >= 11 is 0. The Morgan fingerprint density at radius 1 is 1.28 bits per heavy atom. The second-order valence-electron chi connectivity index (χ2n) is 3.83. The highest BCUT2D eigenvalue weighted by Gasteiger charge is 2.12. The van der Waals surface area contributed by atoms with Crippen molar-refractivity contribution in [3.05, 3.63) is 35.4 Å². The maximum Gasteiger partial charge on any atom is 0.320 e. The molecule has 1 amide bonds. The van der Waals surface area contributed by atoms with Crippen LogP contribution >= 0.6 is 0 Å². The van der Waals surface area contributed by atoms with Crippen LogP contribution in [0.25, 0.3) is 0 Å². The first kappa shape index (κ1) is 14.1. The highest BCUT2D eigenvalue weighted by molar-refractivity contribution is 5.94. The lowest BCUT2D eigenvalue weighted by atomic mass is 10.0. The number of benzene rings is 1. The van der Waals surface area contributed by atoms with Gasteiger partial charge in [-0.25, -0.2) is 0 Å². The molecule has 5 N–H and O–H groups in total. The molecule has 0 spiro atoms. The smallest absolute Gasteiger partial charge is 0.320 e. The molecule has 6 heteroatoms. The molecule has 1 atom stereocenters. The van der Waals surface area contributed by atoms with E-state index < -0.39 is 12.0 Å². The number of carbonyl (C=O) groups excluding carboxylic acids is 1. The minimum Gasteiger partial charge on any atom is -0.480 e. The highest BCUT2D eigenvalue weighted by Crippen LogP contribution is 2.06. The SMILES string of the molecule is N[C@@H](Cc1ccc(C(=O)NCCO)cc1)C(=O)O. The molecule has 0 heterocycles. The van der Waals surface area contributed by atoms with Gasteiger partial charge in [0.25, 0.3) is 5.91 Å². The zero-order chi connectivity index (χ0) is 13.5. The fourth-order valence-electron chi connectivity index (χ4n) is 1.40. The van der Waals surface area contributed by atoms with Gasteiger partial charge in [0, 0.05) is 12.1 Å². The van der Waals surface area contributed by atoms with Crippen molar-refractivity contribution in [3.8, 4) is 0 Å². The fourth-order valence-corrected chi connectivity index (χ4v) is 1.40. The number of aliphatic carboxylic acids is 1. The number of nitrogens with two attached hydrogens (primary N) is 1. The topological polar surface area (TPSA) is 113 Å². The molecular weight excluding hydrogens is 236 g/mol. The second-order valence-corrected chi connectivity index (χ2v) is 3.83. The van der Waals surface area contributed by atoms with Crippen molar-refractivity contribution >= 4 is 11.9 Å². The quantitative estimate of drug-likeness (QED) is 0.538. The number of aliphatic hydroxyl groups is 1. The second kappa shape index (κ2) is 6.73. The van der Waals surface area contributed by atoms with Gasteiger partial charge in [0.15, 0.2) is 0 Å². The monoisotopic (exact) mass is 252 g/mol. The van der Waals surface area contributed by atoms with Gasteiger partial charge in [0.05, 0.1) is 6.61 Å². The van der Waals surface area contributed by atoms with Crippen LogP contribution in [0.2, 0.25) is 0 Å². The third-order valence-electron chi connectivity index (χ3n) is 2.39. The van der Waals surface area contributed by atoms with Crippen LogP contribution in [0.1, 0.15) is 15.9 Å². The summed E-state index contributed by atoms with van der Waals surface area (Å²) in [7, 11) is 0. The third kappa shape index (κ3) is 4.15. The highest BCUT2D eigenvalue weighted by atomic mass is 16.4. The standard InChI is InChI=1S/C12H16N2O4/c13-10(12(17)18)7-8-1-3-9(4-2-8)11(16)14-5-6-15/h1-4,10,15H,5-7,13H2,(H,14,16)(H,17,18)/t10-/m0/s1. The van der Waals surface area contributed by atoms with Crippen LogP contribution in [0.15, 0.2) is 24.3 Å². The van der Waals surface area contributed by atoms with Gasteiger partial charge in [-0.05, 0) is 24.1 Å². The van der Waals surface area contributed by atoms with Gasteiger partial charge in [-0.15, -0.1) is 0 Å². The molecule has 0 aliphatic heterocycles. The van der Waals surface area contributed by atoms with E-state index in [9.17, 15) is 9.59 Å². The van der Waals surface area contributed by atoms with Crippen molar-refractivity contribution in [1.82, 2.24) is 5.32 Å². The lowest BCUT2D eigenvalue weighted by molar-refractivity contribution is -0.138. The molecule has 98 valence electrons. The van der Waals surface area contributed by atoms with Crippen molar-refractivity contribution in [3.63, 3.8) is 0 Å². The van der Waals surface area contributed by atoms with Crippen LogP contribution in [-0.4, -0.2) is 41.3 Å². The van der Waals surface area contributed by atoms with E-state index in [-0.39, 0.29) is 25.5 Å². The van der Waals surface area contributed by atoms with Crippen molar-refractivity contribution in [2.45, 2.75) is 12.5 Å². The summed E-state index contributed by atoms with van der Waals surface area (Å²) in [5.74, 6) is -1.34. The predicted molar refractivity (Wildman–Crippen MR) is 65.2 cm³/mol. The Bertz CT molecular complexity index is 417. The molecule has 0 saturated carbocycles. The van der Waals surface area contributed by atoms with Crippen LogP contribution in [0, 0.1) is 0 Å². The molecule has 6 nitrogen and oxygen atoms in total. The van der Waals surface area contributed by atoms with Gasteiger partial charge in [0.2, 0.25) is 0 Å². The Labute approximate surface area is 104 Å². The largest absolute Gasteiger partial charge is 0.480 e. The van der Waals surface area contributed by atoms with Crippen LogP contribution < -0.4 is 11.1 Å². The maximum atomic E-state index is 11.5. The summed E-state index contributed by atoms with van der Waals surface area (Å²) < 4.78 is 0. The molecule has 0 unspecified atom stereocenters. The van der Waals surface area contributed by atoms with E-state index in [0.717, 1.165) is 5.56 Å². The summed E-state index contributed by atoms with van der Waals surface area (Å²) in [4.78, 5) is 22.1. The van der Waals surface area contributed by atoms with Gasteiger partial charge in [-0.1, -0.05) is 12.1 Å². The van der Waals surface area contributed by atoms with Gasteiger partial charge >= 0.3 is 5.97 Å². The molecule has 0 aliphatic carbocycles. The fraction of sp³-hybridized carbons (Fsp3) is 0.333. The molecule has 0 aromatic heterocycles. The summed E-state index contributed by atoms with van der Waals surface area (Å²) in [6.07, 6.45) is 0.216. The Hall–Kier alpha value is -1.92. The van der Waals surface area contributed by atoms with E-state index >= 15 is 0 Å². The van der Waals surface area contributed by atoms with Crippen LogP contribution in [0.5, 0.6) is 0 Å². The molecule has 1 aromatic carbocycles. The van der Waals surface area contributed by atoms with Gasteiger partial charge < -0.3 is 21.3 Å². The maximum absolute atomic E-state index is 11.5. The first-order valence-electron chi connectivity index (χ1n) is 5.51. The molecule has 1 rings (SSSR count). The zero-order valence-electron chi connectivity index (χ0n) is 9.80. The number of rotatable bonds is 6. The minimum absolute atomic E-state index is 0.114. The van der Waals surface area contributed by atoms with Crippen molar-refractivity contribution in [1.29, 1.82) is 0 Å². The van der Waals surface area contributed by atoms with Gasteiger partial charge in [-0.2, -0.15) is 0 Å². The number of carbonyl (C=O) groups is 2. The molecule has 0 aliphatic rings. The number of hydrogen-bond donors (Lipinski definition) is 4. The van der Waals surface area contributed by atoms with E-state index in [1.807, 2.05) is 0 Å². The lowest BCUT2D eigenvalue weighted by Crippen LogP contribution is -2.32. The Morgan fingerprint density at radius 2 is 1.89 bits per heavy atom. The van der Waals surface area contributed by atoms with E-state index in [4.69, 9.17) is 15.9 Å². The molecule has 0 saturated heterocycles. The zero-order valence-corrected chi connectivity index (χ0v) is 9.80. The van der Waals surface area contributed by atoms with Crippen LogP contribution in [0.4, 0.5) is 0 Å². The van der Waals surface area contributed by atoms with Gasteiger partial charge in [0.1, 0.15) is 6.04 Å². The van der Waals surface area contributed by atoms with Crippen molar-refractivity contribution in [2.75, 3.05) is 13.2 Å². The van der Waals surface area contributed by atoms with Gasteiger partial charge in [-0.3, -0.25) is 9.59 Å². The Kier molecular flexibility index (Phi) is 5.29. The normalized spacial score (nSPS) is 11.9. The van der Waals surface area contributed by atoms with E-state index in [1.165, 1.54) is 0 Å². The third-order valence-corrected chi connectivity index (χ3v) is 2.39. The molecule has 0 bridgehead atoms. The van der Waals surface area contributed by atoms with Crippen molar-refractivity contribution < 1.29 is 19.8 Å². The van der Waals surface area contributed by atoms with Crippen LogP contribution in [0.3, 0.4) is 0 Å². The Balaban J connectivity index is 2.62. The lowest BCUT2D eigenvalue weighted by Gasteiger charge is -2.07. The number of carboxylic acids is 1. The summed E-state index contributed by atoms with van der Waals surface area (Å²) in [5.41, 5.74) is 6.61. The first-order valence-corrected chi connectivity index (χ1v) is 5.51. The number of nitrogens with one attached hydrogen (secondary N) is 1. The Morgan fingerprint density at radius 3 is 2.39 bits per heavy atom. The van der Waals surface area contributed by atoms with Crippen LogP contribution in [-0.2, 0) is 11.2 Å². The summed E-state index contributed by atoms with van der Waals surface area (Å²) in [6.45, 7) is 0.0851. The molecule has 0 fully saturated rings. The average Bonchev–Trinajstić information content (AvgIpc) is 2.36. The number of amides is 1. The van der Waals surface area contributed by atoms with E-state index in [2.05, 4.69) is 5.32 Å². The summed E-state index contributed by atoms with van der Waals surface area (Å²) in [6, 6.07) is 5.57. The summed E-state index contributed by atoms with van der Waals surface area (Å²) in [5, 5.41) is 19.8. The molecular formula is C12H16N2O4.